The minimum absolute atomic E-state index is 0.00339. The maximum absolute atomic E-state index is 11.1. The standard InChI is InChI=1S/C17H34N4O4/c1-4-18-5-6-19(13-16(22)23)7-8-20(14-17(24)25)10-12-21(11-9-18)15(2)3/h15H,4-14H2,1-3H3,(H,22,23)(H,24,25). The van der Waals surface area contributed by atoms with Gasteiger partial charge in [-0.3, -0.25) is 24.3 Å². The van der Waals surface area contributed by atoms with Crippen LogP contribution in [0.5, 0.6) is 0 Å². The number of hydrogen-bond donors (Lipinski definition) is 2. The SMILES string of the molecule is CCN1CCN(CC(=O)O)CCN(CC(=O)O)CCN(C(C)C)CC1. The molecule has 1 fully saturated rings. The first-order chi connectivity index (χ1) is 11.8. The summed E-state index contributed by atoms with van der Waals surface area (Å²) in [6.07, 6.45) is 0. The molecule has 0 aromatic carbocycles. The van der Waals surface area contributed by atoms with Crippen LogP contribution in [-0.2, 0) is 9.59 Å². The number of hydrogen-bond acceptors (Lipinski definition) is 6. The smallest absolute Gasteiger partial charge is 0.317 e. The highest BCUT2D eigenvalue weighted by molar-refractivity contribution is 5.69. The van der Waals surface area contributed by atoms with Gasteiger partial charge in [0, 0.05) is 58.4 Å². The largest absolute Gasteiger partial charge is 0.480 e. The van der Waals surface area contributed by atoms with Crippen molar-refractivity contribution in [3.63, 3.8) is 0 Å². The molecule has 2 N–H and O–H groups in total. The Labute approximate surface area is 151 Å². The molecule has 0 bridgehead atoms. The number of rotatable bonds is 6. The fourth-order valence-electron chi connectivity index (χ4n) is 3.08. The summed E-state index contributed by atoms with van der Waals surface area (Å²) in [7, 11) is 0. The summed E-state index contributed by atoms with van der Waals surface area (Å²) in [4.78, 5) is 30.8. The number of carboxylic acid groups (broad SMARTS) is 2. The molecule has 1 aliphatic heterocycles. The lowest BCUT2D eigenvalue weighted by Crippen LogP contribution is -2.48. The highest BCUT2D eigenvalue weighted by Crippen LogP contribution is 2.03. The average molecular weight is 358 g/mol. The van der Waals surface area contributed by atoms with E-state index in [1.54, 1.807) is 0 Å². The molecule has 1 aliphatic rings. The van der Waals surface area contributed by atoms with Gasteiger partial charge in [0.05, 0.1) is 13.1 Å². The summed E-state index contributed by atoms with van der Waals surface area (Å²) in [5.41, 5.74) is 0. The highest BCUT2D eigenvalue weighted by Gasteiger charge is 2.19. The molecule has 1 heterocycles. The van der Waals surface area contributed by atoms with Crippen LogP contribution in [0.4, 0.5) is 0 Å². The van der Waals surface area contributed by atoms with Crippen molar-refractivity contribution in [2.45, 2.75) is 26.8 Å². The van der Waals surface area contributed by atoms with Gasteiger partial charge in [0.25, 0.3) is 0 Å². The summed E-state index contributed by atoms with van der Waals surface area (Å²) in [6, 6.07) is 0.414. The van der Waals surface area contributed by atoms with Crippen molar-refractivity contribution in [3.8, 4) is 0 Å². The lowest BCUT2D eigenvalue weighted by Gasteiger charge is -2.34. The quantitative estimate of drug-likeness (QED) is 0.675. The van der Waals surface area contributed by atoms with Gasteiger partial charge in [-0.25, -0.2) is 0 Å². The van der Waals surface area contributed by atoms with Crippen LogP contribution in [-0.4, -0.2) is 120 Å². The van der Waals surface area contributed by atoms with Crippen LogP contribution >= 0.6 is 0 Å². The van der Waals surface area contributed by atoms with Crippen LogP contribution < -0.4 is 0 Å². The molecule has 0 aromatic rings. The summed E-state index contributed by atoms with van der Waals surface area (Å²) in [6.45, 7) is 13.4. The Kier molecular flexibility index (Phi) is 9.96. The van der Waals surface area contributed by atoms with Gasteiger partial charge in [0.15, 0.2) is 0 Å². The molecule has 0 unspecified atom stereocenters. The highest BCUT2D eigenvalue weighted by atomic mass is 16.4. The molecule has 8 heteroatoms. The molecule has 0 amide bonds. The Balaban J connectivity index is 2.80. The Bertz CT molecular complexity index is 419. The van der Waals surface area contributed by atoms with Crippen LogP contribution in [0.25, 0.3) is 0 Å². The van der Waals surface area contributed by atoms with Crippen LogP contribution in [0.15, 0.2) is 0 Å². The third kappa shape index (κ3) is 9.15. The molecule has 0 radical (unpaired) electrons. The average Bonchev–Trinajstić information content (AvgIpc) is 2.51. The first-order valence-electron chi connectivity index (χ1n) is 9.16. The molecule has 146 valence electrons. The Morgan fingerprint density at radius 3 is 1.48 bits per heavy atom. The van der Waals surface area contributed by atoms with Gasteiger partial charge in [-0.05, 0) is 20.4 Å². The van der Waals surface area contributed by atoms with E-state index in [-0.39, 0.29) is 13.1 Å². The molecule has 0 spiro atoms. The van der Waals surface area contributed by atoms with Crippen LogP contribution in [0.1, 0.15) is 20.8 Å². The first-order valence-corrected chi connectivity index (χ1v) is 9.16. The van der Waals surface area contributed by atoms with Crippen LogP contribution in [0.2, 0.25) is 0 Å². The molecule has 8 nitrogen and oxygen atoms in total. The zero-order valence-corrected chi connectivity index (χ0v) is 15.9. The molecule has 0 aromatic heterocycles. The Hall–Kier alpha value is -1.22. The van der Waals surface area contributed by atoms with Crippen molar-refractivity contribution in [2.75, 3.05) is 72.0 Å². The number of nitrogens with zero attached hydrogens (tertiary/aromatic N) is 4. The lowest BCUT2D eigenvalue weighted by atomic mass is 10.2. The monoisotopic (exact) mass is 358 g/mol. The number of likely N-dealkylation sites (N-methyl/N-ethyl adjacent to an activating group) is 1. The van der Waals surface area contributed by atoms with E-state index in [1.807, 2.05) is 9.80 Å². The Morgan fingerprint density at radius 1 is 0.760 bits per heavy atom. The van der Waals surface area contributed by atoms with Crippen molar-refractivity contribution in [2.24, 2.45) is 0 Å². The number of carbonyl (C=O) groups is 2. The second-order valence-electron chi connectivity index (χ2n) is 6.90. The van der Waals surface area contributed by atoms with E-state index in [0.29, 0.717) is 32.2 Å². The lowest BCUT2D eigenvalue weighted by molar-refractivity contribution is -0.140. The summed E-state index contributed by atoms with van der Waals surface area (Å²) in [5, 5.41) is 18.3. The van der Waals surface area contributed by atoms with Crippen LogP contribution in [0.3, 0.4) is 0 Å². The molecule has 1 rings (SSSR count). The predicted octanol–water partition coefficient (Wildman–Crippen LogP) is -0.194. The van der Waals surface area contributed by atoms with Gasteiger partial charge in [0.1, 0.15) is 0 Å². The van der Waals surface area contributed by atoms with E-state index in [9.17, 15) is 9.59 Å². The van der Waals surface area contributed by atoms with Gasteiger partial charge in [-0.2, -0.15) is 0 Å². The normalized spacial score (nSPS) is 21.0. The summed E-state index contributed by atoms with van der Waals surface area (Å²) in [5.74, 6) is -1.68. The van der Waals surface area contributed by atoms with Gasteiger partial charge < -0.3 is 15.1 Å². The third-order valence-corrected chi connectivity index (χ3v) is 4.77. The first kappa shape index (κ1) is 21.8. The molecule has 0 atom stereocenters. The third-order valence-electron chi connectivity index (χ3n) is 4.77. The van der Waals surface area contributed by atoms with E-state index < -0.39 is 11.9 Å². The van der Waals surface area contributed by atoms with Crippen molar-refractivity contribution in [1.82, 2.24) is 19.6 Å². The molecule has 0 saturated carbocycles. The minimum Gasteiger partial charge on any atom is -0.480 e. The fourth-order valence-corrected chi connectivity index (χ4v) is 3.08. The molecular weight excluding hydrogens is 324 g/mol. The van der Waals surface area contributed by atoms with Gasteiger partial charge in [-0.1, -0.05) is 6.92 Å². The maximum atomic E-state index is 11.1. The summed E-state index contributed by atoms with van der Waals surface area (Å²) < 4.78 is 0. The second-order valence-corrected chi connectivity index (χ2v) is 6.90. The molecule has 25 heavy (non-hydrogen) atoms. The zero-order chi connectivity index (χ0) is 18.8. The van der Waals surface area contributed by atoms with E-state index in [0.717, 1.165) is 32.7 Å². The number of carboxylic acids is 2. The van der Waals surface area contributed by atoms with Gasteiger partial charge >= 0.3 is 11.9 Å². The van der Waals surface area contributed by atoms with E-state index in [2.05, 4.69) is 30.6 Å². The van der Waals surface area contributed by atoms with Crippen molar-refractivity contribution in [1.29, 1.82) is 0 Å². The second kappa shape index (κ2) is 11.4. The molecular formula is C17H34N4O4. The number of aliphatic carboxylic acids is 2. The topological polar surface area (TPSA) is 87.6 Å². The van der Waals surface area contributed by atoms with Crippen LogP contribution in [0, 0.1) is 0 Å². The van der Waals surface area contributed by atoms with Gasteiger partial charge in [-0.15, -0.1) is 0 Å². The molecule has 1 saturated heterocycles. The summed E-state index contributed by atoms with van der Waals surface area (Å²) >= 11 is 0. The van der Waals surface area contributed by atoms with E-state index in [1.165, 1.54) is 0 Å². The van der Waals surface area contributed by atoms with Crippen molar-refractivity contribution in [3.05, 3.63) is 0 Å². The molecule has 0 aliphatic carbocycles. The predicted molar refractivity (Wildman–Crippen MR) is 97.0 cm³/mol. The zero-order valence-electron chi connectivity index (χ0n) is 15.9. The Morgan fingerprint density at radius 2 is 1.12 bits per heavy atom. The maximum Gasteiger partial charge on any atom is 0.317 e. The van der Waals surface area contributed by atoms with Gasteiger partial charge in [0.2, 0.25) is 0 Å². The fraction of sp³-hybridized carbons (Fsp3) is 0.882. The minimum atomic E-state index is -0.842. The van der Waals surface area contributed by atoms with E-state index >= 15 is 0 Å². The van der Waals surface area contributed by atoms with Crippen molar-refractivity contribution >= 4 is 11.9 Å². The van der Waals surface area contributed by atoms with E-state index in [4.69, 9.17) is 10.2 Å². The van der Waals surface area contributed by atoms with Crippen molar-refractivity contribution < 1.29 is 19.8 Å².